The summed E-state index contributed by atoms with van der Waals surface area (Å²) in [5.41, 5.74) is 1.94. The molecule has 0 bridgehead atoms. The minimum absolute atomic E-state index is 0.267. The van der Waals surface area contributed by atoms with Crippen LogP contribution in [0.5, 0.6) is 0 Å². The standard InChI is InChI=1S/C5H4N2O3/c8-3-6-7-4(9)1-2-5(7)10/h1-3H,(H,6,8). The molecule has 1 rings (SSSR count). The average Bonchev–Trinajstić information content (AvgIpc) is 2.20. The molecule has 0 saturated carbocycles. The molecule has 0 atom stereocenters. The minimum atomic E-state index is -0.530. The largest absolute Gasteiger partial charge is 0.277 e. The van der Waals surface area contributed by atoms with Crippen LogP contribution in [0, 0.1) is 0 Å². The maximum Gasteiger partial charge on any atom is 0.272 e. The van der Waals surface area contributed by atoms with Gasteiger partial charge >= 0.3 is 0 Å². The van der Waals surface area contributed by atoms with Gasteiger partial charge in [0.1, 0.15) is 0 Å². The Morgan fingerprint density at radius 1 is 1.30 bits per heavy atom. The van der Waals surface area contributed by atoms with Gasteiger partial charge in [-0.2, -0.15) is 5.01 Å². The first kappa shape index (κ1) is 6.47. The molecule has 0 saturated heterocycles. The highest BCUT2D eigenvalue weighted by Gasteiger charge is 2.22. The van der Waals surface area contributed by atoms with Crippen LogP contribution < -0.4 is 5.43 Å². The Bertz CT molecular complexity index is 203. The van der Waals surface area contributed by atoms with Gasteiger partial charge in [-0.1, -0.05) is 0 Å². The summed E-state index contributed by atoms with van der Waals surface area (Å²) in [5, 5.41) is 0.618. The van der Waals surface area contributed by atoms with E-state index in [1.165, 1.54) is 0 Å². The van der Waals surface area contributed by atoms with Crippen molar-refractivity contribution in [3.8, 4) is 0 Å². The van der Waals surface area contributed by atoms with E-state index in [4.69, 9.17) is 0 Å². The molecule has 1 heterocycles. The van der Waals surface area contributed by atoms with E-state index in [-0.39, 0.29) is 6.41 Å². The molecule has 1 N–H and O–H groups in total. The van der Waals surface area contributed by atoms with E-state index in [1.807, 2.05) is 5.43 Å². The fraction of sp³-hybridized carbons (Fsp3) is 0. The second kappa shape index (κ2) is 2.30. The van der Waals surface area contributed by atoms with Crippen LogP contribution in [0.1, 0.15) is 0 Å². The Hall–Kier alpha value is -1.65. The molecule has 0 aromatic rings. The molecule has 52 valence electrons. The topological polar surface area (TPSA) is 66.5 Å². The molecule has 3 amide bonds. The summed E-state index contributed by atoms with van der Waals surface area (Å²) in [5.74, 6) is -1.06. The zero-order valence-electron chi connectivity index (χ0n) is 4.90. The molecule has 1 aliphatic heterocycles. The molecule has 0 unspecified atom stereocenters. The van der Waals surface area contributed by atoms with E-state index in [0.29, 0.717) is 5.01 Å². The summed E-state index contributed by atoms with van der Waals surface area (Å²) in [6.45, 7) is 0. The molecule has 0 fully saturated rings. The average molecular weight is 140 g/mol. The van der Waals surface area contributed by atoms with Crippen molar-refractivity contribution in [1.82, 2.24) is 10.4 Å². The van der Waals surface area contributed by atoms with Crippen molar-refractivity contribution in [3.63, 3.8) is 0 Å². The predicted octanol–water partition coefficient (Wildman–Crippen LogP) is -1.43. The highest BCUT2D eigenvalue weighted by atomic mass is 16.2. The lowest BCUT2D eigenvalue weighted by Crippen LogP contribution is -2.41. The second-order valence-corrected chi connectivity index (χ2v) is 1.59. The third-order valence-corrected chi connectivity index (χ3v) is 0.991. The number of carbonyl (C=O) groups excluding carboxylic acids is 3. The normalized spacial score (nSPS) is 16.2. The molecule has 10 heavy (non-hydrogen) atoms. The van der Waals surface area contributed by atoms with Gasteiger partial charge < -0.3 is 0 Å². The van der Waals surface area contributed by atoms with Gasteiger partial charge in [0, 0.05) is 12.2 Å². The molecular formula is C5H4N2O3. The van der Waals surface area contributed by atoms with Gasteiger partial charge in [0.25, 0.3) is 11.8 Å². The van der Waals surface area contributed by atoms with Gasteiger partial charge in [-0.25, -0.2) is 0 Å². The van der Waals surface area contributed by atoms with E-state index in [0.717, 1.165) is 12.2 Å². The summed E-state index contributed by atoms with van der Waals surface area (Å²) >= 11 is 0. The maximum absolute atomic E-state index is 10.6. The SMILES string of the molecule is O=CNN1C(=O)C=CC1=O. The van der Waals surface area contributed by atoms with Crippen molar-refractivity contribution < 1.29 is 14.4 Å². The van der Waals surface area contributed by atoms with Crippen LogP contribution in [0.4, 0.5) is 0 Å². The van der Waals surface area contributed by atoms with Gasteiger partial charge in [-0.05, 0) is 0 Å². The van der Waals surface area contributed by atoms with Crippen molar-refractivity contribution in [2.75, 3.05) is 0 Å². The maximum atomic E-state index is 10.6. The molecule has 5 nitrogen and oxygen atoms in total. The first-order chi connectivity index (χ1) is 4.75. The Labute approximate surface area is 56.3 Å². The van der Waals surface area contributed by atoms with E-state index >= 15 is 0 Å². The van der Waals surface area contributed by atoms with Crippen molar-refractivity contribution in [3.05, 3.63) is 12.2 Å². The summed E-state index contributed by atoms with van der Waals surface area (Å²) in [7, 11) is 0. The molecule has 0 radical (unpaired) electrons. The zero-order chi connectivity index (χ0) is 7.56. The molecule has 5 heteroatoms. The number of nitrogens with zero attached hydrogens (tertiary/aromatic N) is 1. The van der Waals surface area contributed by atoms with Crippen LogP contribution in [0.3, 0.4) is 0 Å². The first-order valence-electron chi connectivity index (χ1n) is 2.51. The van der Waals surface area contributed by atoms with Gasteiger partial charge in [0.15, 0.2) is 0 Å². The Morgan fingerprint density at radius 2 is 1.80 bits per heavy atom. The lowest BCUT2D eigenvalue weighted by Gasteiger charge is -2.09. The Kier molecular flexibility index (Phi) is 1.49. The molecule has 1 aliphatic rings. The van der Waals surface area contributed by atoms with Gasteiger partial charge in [-0.3, -0.25) is 19.8 Å². The lowest BCUT2D eigenvalue weighted by molar-refractivity contribution is -0.143. The molecule has 0 spiro atoms. The number of imide groups is 1. The van der Waals surface area contributed by atoms with Crippen LogP contribution in [-0.2, 0) is 14.4 Å². The Morgan fingerprint density at radius 3 is 2.20 bits per heavy atom. The third kappa shape index (κ3) is 0.883. The monoisotopic (exact) mass is 140 g/mol. The number of amides is 3. The third-order valence-electron chi connectivity index (χ3n) is 0.991. The summed E-state index contributed by atoms with van der Waals surface area (Å²) < 4.78 is 0. The van der Waals surface area contributed by atoms with Crippen LogP contribution in [0.15, 0.2) is 12.2 Å². The van der Waals surface area contributed by atoms with Crippen LogP contribution in [0.2, 0.25) is 0 Å². The molecular weight excluding hydrogens is 136 g/mol. The van der Waals surface area contributed by atoms with Crippen molar-refractivity contribution in [2.24, 2.45) is 0 Å². The van der Waals surface area contributed by atoms with Gasteiger partial charge in [0.05, 0.1) is 0 Å². The van der Waals surface area contributed by atoms with Gasteiger partial charge in [-0.15, -0.1) is 0 Å². The first-order valence-corrected chi connectivity index (χ1v) is 2.51. The highest BCUT2D eigenvalue weighted by Crippen LogP contribution is 1.97. The van der Waals surface area contributed by atoms with Crippen LogP contribution in [-0.4, -0.2) is 23.2 Å². The fourth-order valence-electron chi connectivity index (χ4n) is 0.580. The summed E-state index contributed by atoms with van der Waals surface area (Å²) in [6.07, 6.45) is 2.43. The fourth-order valence-corrected chi connectivity index (χ4v) is 0.580. The quantitative estimate of drug-likeness (QED) is 0.378. The summed E-state index contributed by atoms with van der Waals surface area (Å²) in [6, 6.07) is 0. The zero-order valence-corrected chi connectivity index (χ0v) is 4.90. The van der Waals surface area contributed by atoms with Gasteiger partial charge in [0.2, 0.25) is 6.41 Å². The van der Waals surface area contributed by atoms with Crippen molar-refractivity contribution in [1.29, 1.82) is 0 Å². The van der Waals surface area contributed by atoms with Crippen molar-refractivity contribution >= 4 is 18.2 Å². The number of hydrogen-bond donors (Lipinski definition) is 1. The number of hydrogen-bond acceptors (Lipinski definition) is 3. The minimum Gasteiger partial charge on any atom is -0.277 e. The predicted molar refractivity (Wildman–Crippen MR) is 30.2 cm³/mol. The van der Waals surface area contributed by atoms with Crippen molar-refractivity contribution in [2.45, 2.75) is 0 Å². The second-order valence-electron chi connectivity index (χ2n) is 1.59. The number of carbonyl (C=O) groups is 3. The highest BCUT2D eigenvalue weighted by molar-refractivity contribution is 6.12. The smallest absolute Gasteiger partial charge is 0.272 e. The number of rotatable bonds is 2. The number of nitrogens with one attached hydrogen (secondary N) is 1. The summed E-state index contributed by atoms with van der Waals surface area (Å²) in [4.78, 5) is 30.9. The molecule has 0 aromatic carbocycles. The van der Waals surface area contributed by atoms with E-state index in [2.05, 4.69) is 0 Å². The van der Waals surface area contributed by atoms with E-state index < -0.39 is 11.8 Å². The van der Waals surface area contributed by atoms with Crippen LogP contribution in [0.25, 0.3) is 0 Å². The van der Waals surface area contributed by atoms with E-state index in [1.54, 1.807) is 0 Å². The van der Waals surface area contributed by atoms with Crippen LogP contribution >= 0.6 is 0 Å². The molecule has 0 aromatic heterocycles. The molecule has 0 aliphatic carbocycles. The Balaban J connectivity index is 2.69. The lowest BCUT2D eigenvalue weighted by atomic mass is 10.6. The van der Waals surface area contributed by atoms with E-state index in [9.17, 15) is 14.4 Å². The number of hydrazine groups is 1.